The predicted octanol–water partition coefficient (Wildman–Crippen LogP) is 5.93. The summed E-state index contributed by atoms with van der Waals surface area (Å²) < 4.78 is 10.2. The number of carbonyl (C=O) groups excluding carboxylic acids is 1. The molecule has 4 aromatic rings. The first-order valence-corrected chi connectivity index (χ1v) is 12.7. The molecule has 2 aromatic carbocycles. The number of fused-ring (bicyclic) bond motifs is 1. The van der Waals surface area contributed by atoms with Gasteiger partial charge in [-0.1, -0.05) is 37.6 Å². The van der Waals surface area contributed by atoms with Crippen LogP contribution in [0, 0.1) is 5.92 Å². The van der Waals surface area contributed by atoms with E-state index in [1.165, 1.54) is 0 Å². The lowest BCUT2D eigenvalue weighted by atomic mass is 10.1. The summed E-state index contributed by atoms with van der Waals surface area (Å²) in [6.07, 6.45) is 3.67. The van der Waals surface area contributed by atoms with Crippen molar-refractivity contribution in [2.45, 2.75) is 32.6 Å². The van der Waals surface area contributed by atoms with E-state index in [9.17, 15) is 4.79 Å². The van der Waals surface area contributed by atoms with Gasteiger partial charge in [-0.05, 0) is 49.2 Å². The van der Waals surface area contributed by atoms with E-state index < -0.39 is 0 Å². The summed E-state index contributed by atoms with van der Waals surface area (Å²) >= 11 is 6.17. The number of nitrogens with zero attached hydrogens (tertiary/aromatic N) is 3. The molecule has 2 aliphatic rings. The van der Waals surface area contributed by atoms with Crippen LogP contribution in [0.15, 0.2) is 54.7 Å². The van der Waals surface area contributed by atoms with Gasteiger partial charge < -0.3 is 20.1 Å². The fourth-order valence-corrected chi connectivity index (χ4v) is 3.62. The molecule has 0 atom stereocenters. The van der Waals surface area contributed by atoms with E-state index >= 15 is 0 Å². The van der Waals surface area contributed by atoms with E-state index in [4.69, 9.17) is 21.1 Å². The van der Waals surface area contributed by atoms with Crippen LogP contribution in [0.2, 0.25) is 5.02 Å². The first-order chi connectivity index (χ1) is 18.1. The highest BCUT2D eigenvalue weighted by atomic mass is 35.5. The molecule has 2 aromatic heterocycles. The Hall–Kier alpha value is -3.69. The van der Waals surface area contributed by atoms with Gasteiger partial charge in [0.25, 0.3) is 0 Å². The molecular formula is C27H31ClN6O3. The maximum atomic E-state index is 11.4. The molecule has 6 rings (SSSR count). The molecule has 3 N–H and O–H groups in total. The molecule has 1 saturated heterocycles. The smallest absolute Gasteiger partial charge is 0.227 e. The fourth-order valence-electron chi connectivity index (χ4n) is 3.48. The number of nitrogens with one attached hydrogen (secondary N) is 3. The lowest BCUT2D eigenvalue weighted by Gasteiger charge is -2.24. The monoisotopic (exact) mass is 522 g/mol. The number of halogens is 1. The Morgan fingerprint density at radius 3 is 2.46 bits per heavy atom. The van der Waals surface area contributed by atoms with Crippen LogP contribution >= 0.6 is 11.6 Å². The molecule has 0 bridgehead atoms. The number of para-hydroxylation sites is 1. The quantitative estimate of drug-likeness (QED) is 0.287. The van der Waals surface area contributed by atoms with Crippen molar-refractivity contribution in [2.24, 2.45) is 5.92 Å². The number of aromatic amines is 1. The molecule has 194 valence electrons. The Bertz CT molecular complexity index is 1320. The van der Waals surface area contributed by atoms with E-state index in [1.54, 1.807) is 13.3 Å². The van der Waals surface area contributed by atoms with Crippen molar-refractivity contribution in [1.29, 1.82) is 0 Å². The van der Waals surface area contributed by atoms with Crippen LogP contribution in [0.1, 0.15) is 38.4 Å². The summed E-state index contributed by atoms with van der Waals surface area (Å²) in [5.41, 5.74) is 1.79. The van der Waals surface area contributed by atoms with Crippen LogP contribution in [0.3, 0.4) is 0 Å². The van der Waals surface area contributed by atoms with Gasteiger partial charge >= 0.3 is 0 Å². The molecule has 0 radical (unpaired) electrons. The Morgan fingerprint density at radius 2 is 1.81 bits per heavy atom. The highest BCUT2D eigenvalue weighted by Crippen LogP contribution is 2.31. The number of hydrogen-bond acceptors (Lipinski definition) is 7. The normalized spacial score (nSPS) is 14.4. The van der Waals surface area contributed by atoms with Gasteiger partial charge in [0.15, 0.2) is 11.6 Å². The van der Waals surface area contributed by atoms with Crippen LogP contribution < -0.4 is 15.4 Å². The summed E-state index contributed by atoms with van der Waals surface area (Å²) in [4.78, 5) is 20.1. The zero-order valence-corrected chi connectivity index (χ0v) is 21.9. The minimum Gasteiger partial charge on any atom is -0.497 e. The standard InChI is InChI=1S/C14H12ClN5O.C11H13NO2.C2H6/c15-10-5-16-12(8-6-21-7-8)17-14(10)18-13-9-3-1-2-4-11(9)19-20-13;1-14-10-6-4-9(5-7-10)12-11(13)8-2-3-8;1-2/h1-5,8H,6-7H2,(H2,16,17,18,19,20);4-8H,2-3H2,1H3,(H,12,13);1-2H3. The Kier molecular flexibility index (Phi) is 8.92. The number of aromatic nitrogens is 4. The number of amides is 1. The highest BCUT2D eigenvalue weighted by Gasteiger charge is 2.29. The van der Waals surface area contributed by atoms with Crippen molar-refractivity contribution in [3.63, 3.8) is 0 Å². The zero-order valence-electron chi connectivity index (χ0n) is 21.1. The summed E-state index contributed by atoms with van der Waals surface area (Å²) in [5.74, 6) is 3.43. The van der Waals surface area contributed by atoms with Crippen molar-refractivity contribution < 1.29 is 14.3 Å². The van der Waals surface area contributed by atoms with Gasteiger partial charge in [0.2, 0.25) is 5.91 Å². The molecule has 3 heterocycles. The minimum absolute atomic E-state index is 0.134. The van der Waals surface area contributed by atoms with E-state index in [0.717, 1.165) is 41.0 Å². The van der Waals surface area contributed by atoms with Crippen molar-refractivity contribution in [1.82, 2.24) is 20.2 Å². The van der Waals surface area contributed by atoms with E-state index in [-0.39, 0.29) is 17.7 Å². The van der Waals surface area contributed by atoms with Crippen LogP contribution in [-0.4, -0.2) is 46.4 Å². The number of hydrogen-bond donors (Lipinski definition) is 3. The molecule has 1 saturated carbocycles. The third-order valence-electron chi connectivity index (χ3n) is 5.78. The zero-order chi connectivity index (χ0) is 26.2. The van der Waals surface area contributed by atoms with Gasteiger partial charge in [-0.25, -0.2) is 9.97 Å². The summed E-state index contributed by atoms with van der Waals surface area (Å²) in [6.45, 7) is 5.32. The van der Waals surface area contributed by atoms with Crippen LogP contribution in [-0.2, 0) is 9.53 Å². The summed E-state index contributed by atoms with van der Waals surface area (Å²) in [7, 11) is 1.62. The lowest BCUT2D eigenvalue weighted by molar-refractivity contribution is -0.117. The van der Waals surface area contributed by atoms with Gasteiger partial charge in [0, 0.05) is 17.0 Å². The minimum atomic E-state index is 0.134. The van der Waals surface area contributed by atoms with Gasteiger partial charge in [-0.3, -0.25) is 9.89 Å². The predicted molar refractivity (Wildman–Crippen MR) is 146 cm³/mol. The van der Waals surface area contributed by atoms with Crippen molar-refractivity contribution >= 4 is 45.7 Å². The number of anilines is 3. The second-order valence-corrected chi connectivity index (χ2v) is 8.80. The third-order valence-corrected chi connectivity index (χ3v) is 6.06. The number of methoxy groups -OCH3 is 1. The van der Waals surface area contributed by atoms with E-state index in [0.29, 0.717) is 29.9 Å². The van der Waals surface area contributed by atoms with Crippen LogP contribution in [0.25, 0.3) is 10.9 Å². The molecule has 1 amide bonds. The van der Waals surface area contributed by atoms with Gasteiger partial charge in [0.1, 0.15) is 16.6 Å². The van der Waals surface area contributed by atoms with Crippen molar-refractivity contribution in [3.05, 3.63) is 65.6 Å². The molecule has 10 heteroatoms. The maximum Gasteiger partial charge on any atom is 0.227 e. The van der Waals surface area contributed by atoms with Gasteiger partial charge in [0.05, 0.1) is 38.0 Å². The molecule has 1 aliphatic carbocycles. The average Bonchev–Trinajstić information content (AvgIpc) is 3.69. The second kappa shape index (κ2) is 12.5. The molecule has 2 fully saturated rings. The highest BCUT2D eigenvalue weighted by molar-refractivity contribution is 6.32. The van der Waals surface area contributed by atoms with Gasteiger partial charge in [-0.15, -0.1) is 0 Å². The SMILES string of the molecule is CC.COc1ccc(NC(=O)C2CC2)cc1.Clc1cnc(C2COC2)nc1Nc1n[nH]c2ccccc12. The molecule has 1 aliphatic heterocycles. The van der Waals surface area contributed by atoms with Crippen molar-refractivity contribution in [3.8, 4) is 5.75 Å². The Balaban J connectivity index is 0.000000174. The largest absolute Gasteiger partial charge is 0.497 e. The van der Waals surface area contributed by atoms with Crippen LogP contribution in [0.5, 0.6) is 5.75 Å². The average molecular weight is 523 g/mol. The van der Waals surface area contributed by atoms with E-state index in [1.807, 2.05) is 62.4 Å². The molecular weight excluding hydrogens is 492 g/mol. The number of ether oxygens (including phenoxy) is 2. The Labute approximate surface area is 221 Å². The number of H-pyrrole nitrogens is 1. The first kappa shape index (κ1) is 26.4. The third kappa shape index (κ3) is 6.75. The number of benzene rings is 2. The number of rotatable bonds is 6. The molecule has 0 unspecified atom stereocenters. The number of carbonyl (C=O) groups is 1. The fraction of sp³-hybridized carbons (Fsp3) is 0.333. The maximum absolute atomic E-state index is 11.4. The Morgan fingerprint density at radius 1 is 1.08 bits per heavy atom. The van der Waals surface area contributed by atoms with E-state index in [2.05, 4.69) is 30.8 Å². The lowest BCUT2D eigenvalue weighted by Crippen LogP contribution is -2.27. The van der Waals surface area contributed by atoms with Crippen molar-refractivity contribution in [2.75, 3.05) is 31.0 Å². The summed E-state index contributed by atoms with van der Waals surface area (Å²) in [6, 6.07) is 15.2. The van der Waals surface area contributed by atoms with Gasteiger partial charge in [-0.2, -0.15) is 5.10 Å². The summed E-state index contributed by atoms with van der Waals surface area (Å²) in [5, 5.41) is 14.7. The first-order valence-electron chi connectivity index (χ1n) is 12.4. The topological polar surface area (TPSA) is 114 Å². The second-order valence-electron chi connectivity index (χ2n) is 8.39. The van der Waals surface area contributed by atoms with Crippen LogP contribution in [0.4, 0.5) is 17.3 Å². The molecule has 0 spiro atoms. The molecule has 37 heavy (non-hydrogen) atoms. The molecule has 9 nitrogen and oxygen atoms in total.